The van der Waals surface area contributed by atoms with Crippen molar-refractivity contribution in [3.8, 4) is 5.88 Å². The van der Waals surface area contributed by atoms with Crippen LogP contribution in [0.5, 0.6) is 5.88 Å². The molecule has 2 unspecified atom stereocenters. The van der Waals surface area contributed by atoms with Crippen LogP contribution in [0.2, 0.25) is 0 Å². The quantitative estimate of drug-likeness (QED) is 0.152. The zero-order chi connectivity index (χ0) is 34.4. The van der Waals surface area contributed by atoms with Crippen LogP contribution in [0.15, 0.2) is 61.2 Å². The lowest BCUT2D eigenvalue weighted by atomic mass is 9.83. The summed E-state index contributed by atoms with van der Waals surface area (Å²) in [6.45, 7) is 2.39. The monoisotopic (exact) mass is 675 g/mol. The third-order valence-electron chi connectivity index (χ3n) is 9.30. The number of carbonyl (C=O) groups is 3. The zero-order valence-corrected chi connectivity index (χ0v) is 28.0. The second-order valence-electron chi connectivity index (χ2n) is 13.0. The van der Waals surface area contributed by atoms with Crippen LogP contribution in [0.3, 0.4) is 0 Å². The van der Waals surface area contributed by atoms with Crippen LogP contribution in [0.1, 0.15) is 66.6 Å². The van der Waals surface area contributed by atoms with Crippen molar-refractivity contribution in [3.63, 3.8) is 0 Å². The number of pyridine rings is 1. The van der Waals surface area contributed by atoms with E-state index >= 15 is 0 Å². The Morgan fingerprint density at radius 1 is 1.00 bits per heavy atom. The average Bonchev–Trinajstić information content (AvgIpc) is 3.65. The van der Waals surface area contributed by atoms with E-state index in [4.69, 9.17) is 15.2 Å². The molecule has 2 fully saturated rings. The molecule has 13 nitrogen and oxygen atoms in total. The van der Waals surface area contributed by atoms with Gasteiger partial charge in [-0.1, -0.05) is 50.3 Å². The van der Waals surface area contributed by atoms with E-state index in [9.17, 15) is 19.5 Å². The summed E-state index contributed by atoms with van der Waals surface area (Å²) in [5.74, 6) is -0.110. The van der Waals surface area contributed by atoms with Crippen molar-refractivity contribution in [2.75, 3.05) is 32.9 Å². The van der Waals surface area contributed by atoms with Crippen LogP contribution in [-0.2, 0) is 27.2 Å². The molecule has 1 aromatic carbocycles. The Balaban J connectivity index is 1.21. The number of nitrogens with zero attached hydrogens (tertiary/aromatic N) is 3. The molecule has 3 heterocycles. The van der Waals surface area contributed by atoms with Gasteiger partial charge in [0.05, 0.1) is 50.0 Å². The number of nitrogens with one attached hydrogen (secondary N) is 3. The molecule has 264 valence electrons. The number of H-pyrrole nitrogens is 1. The third-order valence-corrected chi connectivity index (χ3v) is 9.30. The Bertz CT molecular complexity index is 1440. The van der Waals surface area contributed by atoms with Gasteiger partial charge < -0.3 is 40.8 Å². The van der Waals surface area contributed by atoms with Crippen LogP contribution >= 0.6 is 0 Å². The van der Waals surface area contributed by atoms with Crippen LogP contribution < -0.4 is 21.1 Å². The first-order chi connectivity index (χ1) is 23.9. The Hall–Kier alpha value is -4.33. The van der Waals surface area contributed by atoms with Gasteiger partial charge in [0.2, 0.25) is 17.7 Å². The van der Waals surface area contributed by atoms with Crippen LogP contribution in [-0.4, -0.2) is 99.8 Å². The highest BCUT2D eigenvalue weighted by Gasteiger charge is 2.31. The van der Waals surface area contributed by atoms with E-state index in [0.717, 1.165) is 31.2 Å². The molecular formula is C36H49N7O6. The molecule has 0 bridgehead atoms. The molecule has 6 N–H and O–H groups in total. The molecule has 3 aromatic rings. The number of aromatic amines is 1. The maximum Gasteiger partial charge on any atom is 0.254 e. The maximum absolute atomic E-state index is 13.9. The molecule has 49 heavy (non-hydrogen) atoms. The predicted octanol–water partition coefficient (Wildman–Crippen LogP) is 2.16. The summed E-state index contributed by atoms with van der Waals surface area (Å²) in [5.41, 5.74) is 8.30. The van der Waals surface area contributed by atoms with Gasteiger partial charge in [-0.3, -0.25) is 14.4 Å². The summed E-state index contributed by atoms with van der Waals surface area (Å²) in [5, 5.41) is 17.2. The van der Waals surface area contributed by atoms with Crippen molar-refractivity contribution in [1.82, 2.24) is 30.5 Å². The van der Waals surface area contributed by atoms with Crippen LogP contribution in [0.4, 0.5) is 0 Å². The summed E-state index contributed by atoms with van der Waals surface area (Å²) in [4.78, 5) is 53.2. The first kappa shape index (κ1) is 36.0. The van der Waals surface area contributed by atoms with E-state index in [0.29, 0.717) is 62.2 Å². The number of carbonyl (C=O) groups excluding carboxylic acids is 3. The minimum Gasteiger partial charge on any atom is -0.478 e. The standard InChI is InChI=1S/C36H49N7O6/c37-29(20-26-9-11-27(12-10-26)36(47)43-15-18-48-19-16-43)34(45)42-31(22-28-23-38-24-40-28)35(46)41-30(21-25-6-2-1-3-7-25)32(44)13-17-49-33-8-4-5-14-39-33/h4-5,8-12,14,23-25,29-32,44H,1-3,6-7,13,15-22,37H2,(H,38,40)(H,41,46)(H,42,45)/t29?,30-,31?,32-/m0/s1. The largest absolute Gasteiger partial charge is 0.478 e. The van der Waals surface area contributed by atoms with Gasteiger partial charge in [0.1, 0.15) is 6.04 Å². The summed E-state index contributed by atoms with van der Waals surface area (Å²) >= 11 is 0. The molecule has 1 saturated heterocycles. The highest BCUT2D eigenvalue weighted by molar-refractivity contribution is 5.94. The number of aromatic nitrogens is 3. The molecule has 2 aliphatic rings. The van der Waals surface area contributed by atoms with Crippen LogP contribution in [0, 0.1) is 5.92 Å². The molecule has 4 atom stereocenters. The molecule has 0 spiro atoms. The first-order valence-electron chi connectivity index (χ1n) is 17.4. The predicted molar refractivity (Wildman–Crippen MR) is 183 cm³/mol. The lowest BCUT2D eigenvalue weighted by Gasteiger charge is -2.31. The third kappa shape index (κ3) is 11.1. The highest BCUT2D eigenvalue weighted by atomic mass is 16.5. The fourth-order valence-electron chi connectivity index (χ4n) is 6.47. The zero-order valence-electron chi connectivity index (χ0n) is 28.0. The van der Waals surface area contributed by atoms with Crippen molar-refractivity contribution in [3.05, 3.63) is 78.0 Å². The lowest BCUT2D eigenvalue weighted by molar-refractivity contribution is -0.130. The number of nitrogens with two attached hydrogens (primary N) is 1. The van der Waals surface area contributed by atoms with Crippen molar-refractivity contribution in [2.24, 2.45) is 11.7 Å². The van der Waals surface area contributed by atoms with Gasteiger partial charge in [-0.2, -0.15) is 0 Å². The summed E-state index contributed by atoms with van der Waals surface area (Å²) in [7, 11) is 0. The number of benzene rings is 1. The Morgan fingerprint density at radius 3 is 2.47 bits per heavy atom. The van der Waals surface area contributed by atoms with E-state index in [-0.39, 0.29) is 25.4 Å². The van der Waals surface area contributed by atoms with E-state index in [1.165, 1.54) is 12.7 Å². The van der Waals surface area contributed by atoms with Crippen molar-refractivity contribution >= 4 is 17.7 Å². The lowest BCUT2D eigenvalue weighted by Crippen LogP contribution is -2.56. The number of hydrogen-bond acceptors (Lipinski definition) is 9. The van der Waals surface area contributed by atoms with Crippen molar-refractivity contribution < 1.29 is 29.0 Å². The van der Waals surface area contributed by atoms with Gasteiger partial charge in [-0.05, 0) is 42.5 Å². The number of aliphatic hydroxyl groups is 1. The van der Waals surface area contributed by atoms with E-state index in [1.54, 1.807) is 53.7 Å². The number of amides is 3. The number of hydrogen-bond donors (Lipinski definition) is 5. The molecule has 1 aliphatic carbocycles. The van der Waals surface area contributed by atoms with Gasteiger partial charge in [0.25, 0.3) is 5.91 Å². The van der Waals surface area contributed by atoms with E-state index in [2.05, 4.69) is 25.6 Å². The van der Waals surface area contributed by atoms with Gasteiger partial charge in [-0.25, -0.2) is 9.97 Å². The van der Waals surface area contributed by atoms with Gasteiger partial charge >= 0.3 is 0 Å². The summed E-state index contributed by atoms with van der Waals surface area (Å²) in [6.07, 6.45) is 10.8. The Kier molecular flexibility index (Phi) is 13.5. The Morgan fingerprint density at radius 2 is 1.78 bits per heavy atom. The van der Waals surface area contributed by atoms with Gasteiger partial charge in [0, 0.05) is 50.0 Å². The van der Waals surface area contributed by atoms with Crippen molar-refractivity contribution in [2.45, 2.75) is 82.0 Å². The van der Waals surface area contributed by atoms with E-state index < -0.39 is 36.0 Å². The molecule has 3 amide bonds. The van der Waals surface area contributed by atoms with Crippen molar-refractivity contribution in [1.29, 1.82) is 0 Å². The van der Waals surface area contributed by atoms with Crippen LogP contribution in [0.25, 0.3) is 0 Å². The molecule has 0 radical (unpaired) electrons. The fraction of sp³-hybridized carbons (Fsp3) is 0.528. The molecule has 1 saturated carbocycles. The number of morpholine rings is 1. The molecule has 2 aromatic heterocycles. The minimum absolute atomic E-state index is 0.0586. The second-order valence-corrected chi connectivity index (χ2v) is 13.0. The summed E-state index contributed by atoms with van der Waals surface area (Å²) in [6, 6.07) is 10.0. The summed E-state index contributed by atoms with van der Waals surface area (Å²) < 4.78 is 11.1. The Labute approximate surface area is 287 Å². The fourth-order valence-corrected chi connectivity index (χ4v) is 6.47. The van der Waals surface area contributed by atoms with Gasteiger partial charge in [0.15, 0.2) is 0 Å². The molecule has 1 aliphatic heterocycles. The second kappa shape index (κ2) is 18.4. The molecular weight excluding hydrogens is 626 g/mol. The minimum atomic E-state index is -0.971. The number of aliphatic hydroxyl groups excluding tert-OH is 1. The topological polar surface area (TPSA) is 185 Å². The maximum atomic E-state index is 13.9. The highest BCUT2D eigenvalue weighted by Crippen LogP contribution is 2.28. The first-order valence-corrected chi connectivity index (χ1v) is 17.4. The molecule has 5 rings (SSSR count). The number of imidazole rings is 1. The molecule has 13 heteroatoms. The average molecular weight is 676 g/mol. The number of ether oxygens (including phenoxy) is 2. The number of rotatable bonds is 16. The van der Waals surface area contributed by atoms with Gasteiger partial charge in [-0.15, -0.1) is 0 Å². The SMILES string of the molecule is NC(Cc1ccc(C(=O)N2CCOCC2)cc1)C(=O)NC(Cc1c[nH]cn1)C(=O)N[C@@H](CC1CCCCC1)[C@@H](O)CCOc1ccccn1. The normalized spacial score (nSPS) is 17.8. The smallest absolute Gasteiger partial charge is 0.254 e. The van der Waals surface area contributed by atoms with E-state index in [1.807, 2.05) is 6.07 Å².